The van der Waals surface area contributed by atoms with Gasteiger partial charge in [0, 0.05) is 22.8 Å². The first-order chi connectivity index (χ1) is 11.3. The fourth-order valence-electron chi connectivity index (χ4n) is 2.36. The molecule has 4 rings (SSSR count). The molecule has 7 heteroatoms. The Morgan fingerprint density at radius 1 is 1.04 bits per heavy atom. The van der Waals surface area contributed by atoms with Gasteiger partial charge < -0.3 is 15.3 Å². The molecule has 3 N–H and O–H groups in total. The molecule has 3 aromatic heterocycles. The molecule has 0 radical (unpaired) electrons. The monoisotopic (exact) mass is 323 g/mol. The molecule has 0 bridgehead atoms. The minimum atomic E-state index is -0.207. The van der Waals surface area contributed by atoms with Gasteiger partial charge in [0.15, 0.2) is 0 Å². The number of nitrogens with one attached hydrogen (secondary N) is 3. The number of H-pyrrole nitrogens is 2. The Labute approximate surface area is 135 Å². The van der Waals surface area contributed by atoms with E-state index < -0.39 is 0 Å². The normalized spacial score (nSPS) is 11.0. The number of aromatic nitrogens is 4. The number of hydrogen-bond donors (Lipinski definition) is 3. The first-order valence-corrected chi connectivity index (χ1v) is 7.97. The van der Waals surface area contributed by atoms with Crippen LogP contribution in [0.15, 0.2) is 52.9 Å². The highest BCUT2D eigenvalue weighted by Gasteiger charge is 2.04. The number of aromatic amines is 2. The van der Waals surface area contributed by atoms with Crippen molar-refractivity contribution in [1.82, 2.24) is 19.9 Å². The van der Waals surface area contributed by atoms with E-state index in [1.165, 1.54) is 4.88 Å². The average molecular weight is 323 g/mol. The van der Waals surface area contributed by atoms with Crippen molar-refractivity contribution in [3.63, 3.8) is 0 Å². The van der Waals surface area contributed by atoms with Crippen LogP contribution in [-0.4, -0.2) is 19.9 Å². The zero-order valence-electron chi connectivity index (χ0n) is 12.0. The Morgan fingerprint density at radius 3 is 2.65 bits per heavy atom. The highest BCUT2D eigenvalue weighted by molar-refractivity contribution is 7.09. The first kappa shape index (κ1) is 13.7. The van der Waals surface area contributed by atoms with E-state index in [1.807, 2.05) is 29.6 Å². The molecule has 0 fully saturated rings. The molecule has 0 saturated heterocycles. The third kappa shape index (κ3) is 2.86. The molecule has 0 aliphatic carbocycles. The number of fused-ring (bicyclic) bond motifs is 1. The summed E-state index contributed by atoms with van der Waals surface area (Å²) in [6.45, 7) is 0.716. The van der Waals surface area contributed by atoms with E-state index in [-0.39, 0.29) is 5.69 Å². The van der Waals surface area contributed by atoms with Gasteiger partial charge in [-0.25, -0.2) is 14.8 Å². The molecule has 3 heterocycles. The van der Waals surface area contributed by atoms with Gasteiger partial charge in [-0.3, -0.25) is 0 Å². The Hall–Kier alpha value is -2.93. The summed E-state index contributed by atoms with van der Waals surface area (Å²) in [7, 11) is 0. The van der Waals surface area contributed by atoms with Crippen LogP contribution in [0.1, 0.15) is 4.88 Å². The summed E-state index contributed by atoms with van der Waals surface area (Å²) in [6, 6.07) is 9.80. The van der Waals surface area contributed by atoms with E-state index >= 15 is 0 Å². The second-order valence-electron chi connectivity index (χ2n) is 5.07. The highest BCUT2D eigenvalue weighted by Crippen LogP contribution is 2.21. The largest absolute Gasteiger partial charge is 0.349 e. The molecule has 0 aliphatic rings. The number of rotatable bonds is 4. The molecule has 0 unspecified atom stereocenters. The van der Waals surface area contributed by atoms with Gasteiger partial charge in [-0.2, -0.15) is 0 Å². The molecule has 1 aromatic carbocycles. The van der Waals surface area contributed by atoms with Crippen LogP contribution in [0.2, 0.25) is 0 Å². The molecule has 0 spiro atoms. The third-order valence-electron chi connectivity index (χ3n) is 3.50. The maximum atomic E-state index is 11.3. The number of benzene rings is 1. The Morgan fingerprint density at radius 2 is 1.87 bits per heavy atom. The molecule has 0 amide bonds. The number of hydrogen-bond acceptors (Lipinski definition) is 5. The molecule has 114 valence electrons. The van der Waals surface area contributed by atoms with Crippen LogP contribution in [0.3, 0.4) is 0 Å². The van der Waals surface area contributed by atoms with Crippen molar-refractivity contribution in [1.29, 1.82) is 0 Å². The van der Waals surface area contributed by atoms with Crippen LogP contribution in [0, 0.1) is 0 Å². The van der Waals surface area contributed by atoms with E-state index in [1.54, 1.807) is 23.7 Å². The van der Waals surface area contributed by atoms with Gasteiger partial charge >= 0.3 is 5.69 Å². The molecular formula is C16H13N5OS. The topological polar surface area (TPSA) is 86.5 Å². The van der Waals surface area contributed by atoms with Crippen molar-refractivity contribution in [2.45, 2.75) is 6.54 Å². The van der Waals surface area contributed by atoms with E-state index in [9.17, 15) is 4.79 Å². The quantitative estimate of drug-likeness (QED) is 0.539. The molecule has 6 nitrogen and oxygen atoms in total. The lowest BCUT2D eigenvalue weighted by Crippen LogP contribution is -2.01. The fourth-order valence-corrected chi connectivity index (χ4v) is 3.00. The van der Waals surface area contributed by atoms with Gasteiger partial charge in [-0.15, -0.1) is 11.3 Å². The number of anilines is 1. The summed E-state index contributed by atoms with van der Waals surface area (Å²) in [6.07, 6.45) is 3.55. The van der Waals surface area contributed by atoms with Gasteiger partial charge in [0.05, 0.1) is 17.6 Å². The number of imidazole rings is 1. The summed E-state index contributed by atoms with van der Waals surface area (Å²) in [5.74, 6) is 0.596. The fraction of sp³-hybridized carbons (Fsp3) is 0.0625. The van der Waals surface area contributed by atoms with Crippen LogP contribution in [-0.2, 0) is 6.54 Å². The smallest absolute Gasteiger partial charge is 0.323 e. The molecule has 23 heavy (non-hydrogen) atoms. The molecule has 0 atom stereocenters. The summed E-state index contributed by atoms with van der Waals surface area (Å²) in [4.78, 5) is 26.7. The number of nitrogens with zero attached hydrogens (tertiary/aromatic N) is 2. The van der Waals surface area contributed by atoms with Crippen LogP contribution in [0.25, 0.3) is 22.2 Å². The van der Waals surface area contributed by atoms with Crippen LogP contribution in [0.4, 0.5) is 5.95 Å². The van der Waals surface area contributed by atoms with Crippen molar-refractivity contribution >= 4 is 28.3 Å². The van der Waals surface area contributed by atoms with E-state index in [0.717, 1.165) is 22.2 Å². The molecule has 4 aromatic rings. The maximum Gasteiger partial charge on any atom is 0.323 e. The first-order valence-electron chi connectivity index (χ1n) is 7.09. The van der Waals surface area contributed by atoms with Gasteiger partial charge in [-0.05, 0) is 29.1 Å². The lowest BCUT2D eigenvalue weighted by atomic mass is 10.1. The standard InChI is InChI=1S/C16H13N5OS/c22-16-20-13-4-3-10(6-14(13)21-16)11-7-17-15(18-8-11)19-9-12-2-1-5-23-12/h1-8H,9H2,(H,17,18,19)(H2,20,21,22). The predicted octanol–water partition coefficient (Wildman–Crippen LogP) is 2.99. The van der Waals surface area contributed by atoms with E-state index in [4.69, 9.17) is 0 Å². The van der Waals surface area contributed by atoms with E-state index in [2.05, 4.69) is 31.3 Å². The Bertz CT molecular complexity index is 985. The number of thiophene rings is 1. The van der Waals surface area contributed by atoms with Crippen LogP contribution in [0.5, 0.6) is 0 Å². The average Bonchev–Trinajstić information content (AvgIpc) is 3.21. The van der Waals surface area contributed by atoms with Gasteiger partial charge in [0.25, 0.3) is 0 Å². The maximum absolute atomic E-state index is 11.3. The van der Waals surface area contributed by atoms with Gasteiger partial charge in [-0.1, -0.05) is 12.1 Å². The predicted molar refractivity (Wildman–Crippen MR) is 91.6 cm³/mol. The SMILES string of the molecule is O=c1[nH]c2ccc(-c3cnc(NCc4cccs4)nc3)cc2[nH]1. The van der Waals surface area contributed by atoms with Gasteiger partial charge in [0.1, 0.15) is 0 Å². The minimum Gasteiger partial charge on any atom is -0.349 e. The van der Waals surface area contributed by atoms with Crippen LogP contribution >= 0.6 is 11.3 Å². The van der Waals surface area contributed by atoms with Crippen molar-refractivity contribution in [3.05, 3.63) is 63.5 Å². The van der Waals surface area contributed by atoms with Gasteiger partial charge in [0.2, 0.25) is 5.95 Å². The molecule has 0 saturated carbocycles. The highest BCUT2D eigenvalue weighted by atomic mass is 32.1. The zero-order valence-corrected chi connectivity index (χ0v) is 12.9. The lowest BCUT2D eigenvalue weighted by molar-refractivity contribution is 1.07. The summed E-state index contributed by atoms with van der Waals surface area (Å²) >= 11 is 1.70. The second kappa shape index (κ2) is 5.69. The van der Waals surface area contributed by atoms with Crippen molar-refractivity contribution < 1.29 is 0 Å². The summed E-state index contributed by atoms with van der Waals surface area (Å²) < 4.78 is 0. The Kier molecular flexibility index (Phi) is 3.39. The van der Waals surface area contributed by atoms with E-state index in [0.29, 0.717) is 12.5 Å². The lowest BCUT2D eigenvalue weighted by Gasteiger charge is -2.05. The summed E-state index contributed by atoms with van der Waals surface area (Å²) in [5.41, 5.74) is 3.20. The Balaban J connectivity index is 1.55. The van der Waals surface area contributed by atoms with Crippen molar-refractivity contribution in [2.24, 2.45) is 0 Å². The molecule has 0 aliphatic heterocycles. The van der Waals surface area contributed by atoms with Crippen LogP contribution < -0.4 is 11.0 Å². The summed E-state index contributed by atoms with van der Waals surface area (Å²) in [5, 5.41) is 5.24. The van der Waals surface area contributed by atoms with Crippen molar-refractivity contribution in [3.8, 4) is 11.1 Å². The minimum absolute atomic E-state index is 0.207. The second-order valence-corrected chi connectivity index (χ2v) is 6.10. The third-order valence-corrected chi connectivity index (χ3v) is 4.38. The van der Waals surface area contributed by atoms with Crippen molar-refractivity contribution in [2.75, 3.05) is 5.32 Å². The molecular weight excluding hydrogens is 310 g/mol. The zero-order chi connectivity index (χ0) is 15.6.